The number of aliphatic carboxylic acids is 1. The van der Waals surface area contributed by atoms with Gasteiger partial charge < -0.3 is 20.3 Å². The van der Waals surface area contributed by atoms with Crippen LogP contribution in [0, 0.1) is 0 Å². The molecule has 1 aromatic rings. The van der Waals surface area contributed by atoms with Gasteiger partial charge in [0, 0.05) is 17.9 Å². The summed E-state index contributed by atoms with van der Waals surface area (Å²) in [6.45, 7) is 0.619. The second-order valence-corrected chi connectivity index (χ2v) is 6.11. The summed E-state index contributed by atoms with van der Waals surface area (Å²) >= 11 is 0. The number of rotatable bonds is 3. The number of carboxylic acids is 1. The van der Waals surface area contributed by atoms with Gasteiger partial charge in [0.25, 0.3) is 0 Å². The lowest BCUT2D eigenvalue weighted by atomic mass is 10.1. The number of hydrogen-bond donors (Lipinski definition) is 2. The largest absolute Gasteiger partial charge is 0.486 e. The Morgan fingerprint density at radius 3 is 2.32 bits per heavy atom. The molecule has 0 amide bonds. The van der Waals surface area contributed by atoms with E-state index in [1.54, 1.807) is 0 Å². The molecular weight excluding hydrogens is 274 g/mol. The normalized spacial score (nSPS) is 15.9. The first-order valence-electron chi connectivity index (χ1n) is 5.42. The molecule has 1 unspecified atom stereocenters. The fraction of sp³-hybridized carbons (Fsp3) is 0.364. The monoisotopic (exact) mass is 287 g/mol. The maximum Gasteiger partial charge on any atom is 0.325 e. The van der Waals surface area contributed by atoms with Crippen molar-refractivity contribution in [3.63, 3.8) is 0 Å². The lowest BCUT2D eigenvalue weighted by Gasteiger charge is -2.21. The number of hydrogen-bond acceptors (Lipinski definition) is 6. The van der Waals surface area contributed by atoms with Crippen molar-refractivity contribution in [3.8, 4) is 11.5 Å². The van der Waals surface area contributed by atoms with Crippen molar-refractivity contribution in [1.82, 2.24) is 0 Å². The van der Waals surface area contributed by atoms with Gasteiger partial charge in [-0.05, 0) is 6.07 Å². The Balaban J connectivity index is 2.66. The van der Waals surface area contributed by atoms with Crippen molar-refractivity contribution >= 4 is 15.8 Å². The summed E-state index contributed by atoms with van der Waals surface area (Å²) in [5, 5.41) is 8.94. The number of sulfone groups is 1. The van der Waals surface area contributed by atoms with E-state index in [4.69, 9.17) is 20.3 Å². The summed E-state index contributed by atoms with van der Waals surface area (Å²) in [4.78, 5) is 10.8. The number of carboxylic acid groups (broad SMARTS) is 1. The fourth-order valence-electron chi connectivity index (χ4n) is 1.78. The molecule has 0 aliphatic carbocycles. The molecule has 0 spiro atoms. The van der Waals surface area contributed by atoms with Gasteiger partial charge in [-0.2, -0.15) is 0 Å². The van der Waals surface area contributed by atoms with Crippen molar-refractivity contribution in [1.29, 1.82) is 0 Å². The van der Waals surface area contributed by atoms with E-state index in [0.717, 1.165) is 6.26 Å². The summed E-state index contributed by atoms with van der Waals surface area (Å²) in [5.74, 6) is -0.750. The maximum atomic E-state index is 11.7. The molecule has 2 rings (SSSR count). The lowest BCUT2D eigenvalue weighted by Crippen LogP contribution is -2.24. The Labute approximate surface area is 109 Å². The van der Waals surface area contributed by atoms with Gasteiger partial charge in [0.15, 0.2) is 21.3 Å². The van der Waals surface area contributed by atoms with Crippen LogP contribution in [0.15, 0.2) is 17.0 Å². The average molecular weight is 287 g/mol. The van der Waals surface area contributed by atoms with Crippen molar-refractivity contribution < 1.29 is 27.8 Å². The van der Waals surface area contributed by atoms with E-state index in [0.29, 0.717) is 19.0 Å². The number of benzene rings is 1. The third-order valence-electron chi connectivity index (χ3n) is 2.68. The van der Waals surface area contributed by atoms with Crippen LogP contribution in [0.1, 0.15) is 11.6 Å². The summed E-state index contributed by atoms with van der Waals surface area (Å²) in [6, 6.07) is 1.12. The van der Waals surface area contributed by atoms with E-state index >= 15 is 0 Å². The molecule has 19 heavy (non-hydrogen) atoms. The van der Waals surface area contributed by atoms with Gasteiger partial charge in [0.2, 0.25) is 0 Å². The highest BCUT2D eigenvalue weighted by Gasteiger charge is 2.27. The van der Waals surface area contributed by atoms with Crippen LogP contribution in [0.4, 0.5) is 0 Å². The number of ether oxygens (including phenoxy) is 2. The molecule has 104 valence electrons. The third-order valence-corrected chi connectivity index (χ3v) is 3.83. The van der Waals surface area contributed by atoms with E-state index in [-0.39, 0.29) is 16.2 Å². The molecule has 1 aliphatic heterocycles. The third kappa shape index (κ3) is 2.64. The summed E-state index contributed by atoms with van der Waals surface area (Å²) in [6.07, 6.45) is 0.983. The van der Waals surface area contributed by atoms with Crippen molar-refractivity contribution in [2.45, 2.75) is 10.9 Å². The number of nitrogens with two attached hydrogens (primary N) is 1. The van der Waals surface area contributed by atoms with Crippen LogP contribution in [0.2, 0.25) is 0 Å². The van der Waals surface area contributed by atoms with Crippen LogP contribution >= 0.6 is 0 Å². The predicted octanol–water partition coefficient (Wildman–Crippen LogP) is -0.0543. The minimum absolute atomic E-state index is 0.0146. The van der Waals surface area contributed by atoms with E-state index < -0.39 is 21.8 Å². The van der Waals surface area contributed by atoms with Gasteiger partial charge in [-0.1, -0.05) is 0 Å². The van der Waals surface area contributed by atoms with Crippen molar-refractivity contribution in [2.75, 3.05) is 19.5 Å². The molecule has 0 fully saturated rings. The SMILES string of the molecule is CS(=O)(=O)c1cc2c(cc1C(N)C(=O)O)OCCO2. The Morgan fingerprint density at radius 2 is 1.84 bits per heavy atom. The molecule has 0 bridgehead atoms. The summed E-state index contributed by atoms with van der Waals surface area (Å²) in [7, 11) is -3.62. The van der Waals surface area contributed by atoms with Crippen LogP contribution in [0.5, 0.6) is 11.5 Å². The van der Waals surface area contributed by atoms with E-state index in [9.17, 15) is 13.2 Å². The van der Waals surface area contributed by atoms with Crippen LogP contribution in [-0.2, 0) is 14.6 Å². The molecule has 8 heteroatoms. The minimum atomic E-state index is -3.62. The fourth-order valence-corrected chi connectivity index (χ4v) is 2.72. The molecular formula is C11H13NO6S. The van der Waals surface area contributed by atoms with Gasteiger partial charge in [0.1, 0.15) is 19.3 Å². The molecule has 0 saturated carbocycles. The van der Waals surface area contributed by atoms with Gasteiger partial charge in [-0.25, -0.2) is 8.42 Å². The van der Waals surface area contributed by atoms with E-state index in [1.165, 1.54) is 12.1 Å². The van der Waals surface area contributed by atoms with Gasteiger partial charge in [0.05, 0.1) is 4.90 Å². The van der Waals surface area contributed by atoms with Crippen LogP contribution < -0.4 is 15.2 Å². The van der Waals surface area contributed by atoms with Gasteiger partial charge in [-0.15, -0.1) is 0 Å². The zero-order valence-corrected chi connectivity index (χ0v) is 10.9. The highest BCUT2D eigenvalue weighted by Crippen LogP contribution is 2.36. The Hall–Kier alpha value is -1.80. The highest BCUT2D eigenvalue weighted by atomic mass is 32.2. The first kappa shape index (κ1) is 13.6. The van der Waals surface area contributed by atoms with Crippen LogP contribution in [0.25, 0.3) is 0 Å². The second-order valence-electron chi connectivity index (χ2n) is 4.12. The van der Waals surface area contributed by atoms with Crippen molar-refractivity contribution in [2.24, 2.45) is 5.73 Å². The smallest absolute Gasteiger partial charge is 0.325 e. The molecule has 3 N–H and O–H groups in total. The molecule has 0 aromatic heterocycles. The van der Waals surface area contributed by atoms with Gasteiger partial charge >= 0.3 is 5.97 Å². The Morgan fingerprint density at radius 1 is 1.32 bits per heavy atom. The van der Waals surface area contributed by atoms with Gasteiger partial charge in [-0.3, -0.25) is 4.79 Å². The second kappa shape index (κ2) is 4.71. The minimum Gasteiger partial charge on any atom is -0.486 e. The topological polar surface area (TPSA) is 116 Å². The number of fused-ring (bicyclic) bond motifs is 1. The first-order valence-corrected chi connectivity index (χ1v) is 7.32. The van der Waals surface area contributed by atoms with E-state index in [1.807, 2.05) is 0 Å². The number of carbonyl (C=O) groups is 1. The predicted molar refractivity (Wildman–Crippen MR) is 65.1 cm³/mol. The van der Waals surface area contributed by atoms with E-state index in [2.05, 4.69) is 0 Å². The summed E-state index contributed by atoms with van der Waals surface area (Å²) < 4.78 is 34.0. The highest BCUT2D eigenvalue weighted by molar-refractivity contribution is 7.90. The maximum absolute atomic E-state index is 11.7. The first-order chi connectivity index (χ1) is 8.80. The molecule has 7 nitrogen and oxygen atoms in total. The van der Waals surface area contributed by atoms with Crippen LogP contribution in [0.3, 0.4) is 0 Å². The zero-order chi connectivity index (χ0) is 14.2. The molecule has 1 aliphatic rings. The Kier molecular flexibility index (Phi) is 3.38. The van der Waals surface area contributed by atoms with Crippen LogP contribution in [-0.4, -0.2) is 39.0 Å². The zero-order valence-electron chi connectivity index (χ0n) is 10.1. The molecule has 1 aromatic carbocycles. The molecule has 0 saturated heterocycles. The lowest BCUT2D eigenvalue weighted by molar-refractivity contribution is -0.138. The Bertz CT molecular complexity index is 624. The molecule has 1 atom stereocenters. The summed E-state index contributed by atoms with van der Waals surface area (Å²) in [5.41, 5.74) is 5.49. The average Bonchev–Trinajstić information content (AvgIpc) is 2.35. The van der Waals surface area contributed by atoms with Crippen molar-refractivity contribution in [3.05, 3.63) is 17.7 Å². The quantitative estimate of drug-likeness (QED) is 0.800. The standard InChI is InChI=1S/C11H13NO6S/c1-19(15,16)9-5-8-7(17-2-3-18-8)4-6(9)10(12)11(13)14/h4-5,10H,2-3,12H2,1H3,(H,13,14). The molecule has 0 radical (unpaired) electrons. The molecule has 1 heterocycles.